The summed E-state index contributed by atoms with van der Waals surface area (Å²) in [6.07, 6.45) is 0. The van der Waals surface area contributed by atoms with Gasteiger partial charge >= 0.3 is 5.97 Å². The molecule has 160 valence electrons. The maximum absolute atomic E-state index is 12.1. The van der Waals surface area contributed by atoms with E-state index in [0.29, 0.717) is 4.88 Å². The van der Waals surface area contributed by atoms with Gasteiger partial charge in [-0.1, -0.05) is 96.2 Å². The molecule has 1 heterocycles. The standard InChI is InChI=1S/C25H21N3O3S/c1-17-21(27-24(26)32-17)22(23(29)30)28-31-25(18-11-5-2-6-12-18,19-13-7-3-8-14-19)20-15-9-4-10-16-20/h2-16H,1H3,(H2,26,27)(H,29,30). The van der Waals surface area contributed by atoms with Crippen molar-refractivity contribution < 1.29 is 14.7 Å². The van der Waals surface area contributed by atoms with Gasteiger partial charge in [0, 0.05) is 21.6 Å². The van der Waals surface area contributed by atoms with Crippen LogP contribution in [0.5, 0.6) is 0 Å². The van der Waals surface area contributed by atoms with E-state index in [1.807, 2.05) is 91.0 Å². The zero-order chi connectivity index (χ0) is 22.6. The Morgan fingerprint density at radius 3 is 1.69 bits per heavy atom. The summed E-state index contributed by atoms with van der Waals surface area (Å²) in [5.74, 6) is -1.25. The number of nitrogen functional groups attached to an aromatic ring is 1. The quantitative estimate of drug-likeness (QED) is 0.242. The molecule has 3 aromatic carbocycles. The van der Waals surface area contributed by atoms with Gasteiger partial charge in [0.05, 0.1) is 0 Å². The number of rotatable bonds is 7. The lowest BCUT2D eigenvalue weighted by Gasteiger charge is -2.33. The van der Waals surface area contributed by atoms with Gasteiger partial charge in [0.2, 0.25) is 11.3 Å². The van der Waals surface area contributed by atoms with E-state index in [2.05, 4.69) is 10.1 Å². The number of carboxylic acid groups (broad SMARTS) is 1. The number of nitrogens with two attached hydrogens (primary N) is 1. The Morgan fingerprint density at radius 2 is 1.34 bits per heavy atom. The highest BCUT2D eigenvalue weighted by molar-refractivity contribution is 7.15. The van der Waals surface area contributed by atoms with Crippen LogP contribution in [0.25, 0.3) is 0 Å². The zero-order valence-corrected chi connectivity index (χ0v) is 18.1. The van der Waals surface area contributed by atoms with Gasteiger partial charge in [-0.15, -0.1) is 11.3 Å². The van der Waals surface area contributed by atoms with Crippen molar-refractivity contribution in [3.05, 3.63) is 118 Å². The van der Waals surface area contributed by atoms with Crippen LogP contribution >= 0.6 is 11.3 Å². The lowest BCUT2D eigenvalue weighted by molar-refractivity contribution is -0.129. The fourth-order valence-corrected chi connectivity index (χ4v) is 4.30. The molecule has 6 nitrogen and oxygen atoms in total. The molecule has 0 saturated heterocycles. The Bertz CT molecular complexity index is 1140. The van der Waals surface area contributed by atoms with E-state index in [1.165, 1.54) is 11.3 Å². The third-order valence-electron chi connectivity index (χ3n) is 5.05. The van der Waals surface area contributed by atoms with E-state index in [9.17, 15) is 9.90 Å². The minimum atomic E-state index is -1.25. The van der Waals surface area contributed by atoms with Gasteiger partial charge in [-0.05, 0) is 6.92 Å². The zero-order valence-electron chi connectivity index (χ0n) is 17.3. The number of benzene rings is 3. The molecule has 0 aliphatic heterocycles. The first-order valence-corrected chi connectivity index (χ1v) is 10.7. The Hall–Kier alpha value is -3.97. The summed E-state index contributed by atoms with van der Waals surface area (Å²) < 4.78 is 0. The Kier molecular flexibility index (Phi) is 6.00. The molecule has 0 amide bonds. The van der Waals surface area contributed by atoms with Crippen molar-refractivity contribution in [2.45, 2.75) is 12.5 Å². The number of thiazole rings is 1. The molecular weight excluding hydrogens is 422 g/mol. The summed E-state index contributed by atoms with van der Waals surface area (Å²) in [6, 6.07) is 28.8. The van der Waals surface area contributed by atoms with E-state index >= 15 is 0 Å². The largest absolute Gasteiger partial charge is 0.476 e. The minimum absolute atomic E-state index is 0.197. The summed E-state index contributed by atoms with van der Waals surface area (Å²) in [5, 5.41) is 14.3. The van der Waals surface area contributed by atoms with E-state index < -0.39 is 11.6 Å². The normalized spacial score (nSPS) is 11.8. The van der Waals surface area contributed by atoms with Crippen LogP contribution in [0.1, 0.15) is 27.3 Å². The number of hydrogen-bond donors (Lipinski definition) is 2. The van der Waals surface area contributed by atoms with Gasteiger partial charge in [0.1, 0.15) is 5.69 Å². The molecule has 7 heteroatoms. The topological polar surface area (TPSA) is 97.8 Å². The number of oxime groups is 1. The summed E-state index contributed by atoms with van der Waals surface area (Å²) >= 11 is 1.20. The first kappa shape index (κ1) is 21.3. The smallest absolute Gasteiger partial charge is 0.360 e. The summed E-state index contributed by atoms with van der Waals surface area (Å²) in [6.45, 7) is 1.75. The van der Waals surface area contributed by atoms with Gasteiger partial charge in [0.15, 0.2) is 5.13 Å². The number of nitrogens with zero attached hydrogens (tertiary/aromatic N) is 2. The molecule has 0 atom stereocenters. The fourth-order valence-electron chi connectivity index (χ4n) is 3.61. The summed E-state index contributed by atoms with van der Waals surface area (Å²) in [7, 11) is 0. The molecule has 4 aromatic rings. The van der Waals surface area contributed by atoms with Crippen LogP contribution in [0, 0.1) is 6.92 Å². The molecule has 0 spiro atoms. The minimum Gasteiger partial charge on any atom is -0.476 e. The number of hydrogen-bond acceptors (Lipinski definition) is 6. The van der Waals surface area contributed by atoms with Gasteiger partial charge in [-0.3, -0.25) is 0 Å². The van der Waals surface area contributed by atoms with Crippen molar-refractivity contribution in [3.63, 3.8) is 0 Å². The molecule has 0 saturated carbocycles. The monoisotopic (exact) mass is 443 g/mol. The van der Waals surface area contributed by atoms with Gasteiger partial charge < -0.3 is 15.7 Å². The van der Waals surface area contributed by atoms with Crippen LogP contribution in [0.15, 0.2) is 96.2 Å². The van der Waals surface area contributed by atoms with Crippen LogP contribution in [-0.4, -0.2) is 21.8 Å². The molecule has 4 rings (SSSR count). The van der Waals surface area contributed by atoms with Crippen molar-refractivity contribution in [1.82, 2.24) is 4.98 Å². The number of anilines is 1. The molecule has 1 aromatic heterocycles. The molecule has 0 radical (unpaired) electrons. The molecule has 3 N–H and O–H groups in total. The second-order valence-electron chi connectivity index (χ2n) is 7.07. The number of carbonyl (C=O) groups is 1. The lowest BCUT2D eigenvalue weighted by Crippen LogP contribution is -2.32. The first-order chi connectivity index (χ1) is 15.5. The summed E-state index contributed by atoms with van der Waals surface area (Å²) in [4.78, 5) is 23.2. The van der Waals surface area contributed by atoms with Crippen molar-refractivity contribution in [3.8, 4) is 0 Å². The number of carboxylic acids is 1. The van der Waals surface area contributed by atoms with Crippen LogP contribution < -0.4 is 5.73 Å². The second kappa shape index (κ2) is 9.03. The van der Waals surface area contributed by atoms with Crippen LogP contribution in [0.3, 0.4) is 0 Å². The Balaban J connectivity index is 1.96. The SMILES string of the molecule is Cc1sc(N)nc1C(=NOC(c1ccccc1)(c1ccccc1)c1ccccc1)C(=O)O. The molecule has 0 fully saturated rings. The van der Waals surface area contributed by atoms with Crippen molar-refractivity contribution in [1.29, 1.82) is 0 Å². The molecule has 0 aliphatic carbocycles. The number of aromatic nitrogens is 1. The highest BCUT2D eigenvalue weighted by Crippen LogP contribution is 2.40. The van der Waals surface area contributed by atoms with Crippen molar-refractivity contribution in [2.75, 3.05) is 5.73 Å². The van der Waals surface area contributed by atoms with Crippen molar-refractivity contribution >= 4 is 28.1 Å². The maximum Gasteiger partial charge on any atom is 0.360 e. The molecule has 0 unspecified atom stereocenters. The highest BCUT2D eigenvalue weighted by Gasteiger charge is 2.40. The third-order valence-corrected chi connectivity index (χ3v) is 5.85. The van der Waals surface area contributed by atoms with E-state index in [1.54, 1.807) is 6.92 Å². The molecule has 32 heavy (non-hydrogen) atoms. The second-order valence-corrected chi connectivity index (χ2v) is 8.31. The van der Waals surface area contributed by atoms with Gasteiger partial charge in [-0.2, -0.15) is 0 Å². The van der Waals surface area contributed by atoms with Gasteiger partial charge in [-0.25, -0.2) is 9.78 Å². The number of aliphatic carboxylic acids is 1. The van der Waals surface area contributed by atoms with Crippen molar-refractivity contribution in [2.24, 2.45) is 5.16 Å². The Labute approximate surface area is 189 Å². The molecular formula is C25H21N3O3S. The Morgan fingerprint density at radius 1 is 0.906 bits per heavy atom. The fraction of sp³-hybridized carbons (Fsp3) is 0.0800. The van der Waals surface area contributed by atoms with E-state index in [4.69, 9.17) is 10.6 Å². The lowest BCUT2D eigenvalue weighted by atomic mass is 9.80. The van der Waals surface area contributed by atoms with E-state index in [-0.39, 0.29) is 16.5 Å². The molecule has 0 bridgehead atoms. The predicted octanol–water partition coefficient (Wildman–Crippen LogP) is 4.83. The van der Waals surface area contributed by atoms with Crippen LogP contribution in [0.2, 0.25) is 0 Å². The predicted molar refractivity (Wildman–Crippen MR) is 126 cm³/mol. The average molecular weight is 444 g/mol. The maximum atomic E-state index is 12.1. The molecule has 0 aliphatic rings. The third kappa shape index (κ3) is 3.98. The average Bonchev–Trinajstić information content (AvgIpc) is 3.16. The van der Waals surface area contributed by atoms with Crippen LogP contribution in [0.4, 0.5) is 5.13 Å². The summed E-state index contributed by atoms with van der Waals surface area (Å²) in [5.41, 5.74) is 6.92. The first-order valence-electron chi connectivity index (χ1n) is 9.91. The number of aryl methyl sites for hydroxylation is 1. The highest BCUT2D eigenvalue weighted by atomic mass is 32.1. The van der Waals surface area contributed by atoms with Gasteiger partial charge in [0.25, 0.3) is 0 Å². The van der Waals surface area contributed by atoms with E-state index in [0.717, 1.165) is 16.7 Å². The van der Waals surface area contributed by atoms with Crippen LogP contribution in [-0.2, 0) is 15.2 Å².